The van der Waals surface area contributed by atoms with Gasteiger partial charge in [0.15, 0.2) is 0 Å². The zero-order chi connectivity index (χ0) is 19.6. The number of carbonyl (C=O) groups is 3. The number of piperazine rings is 1. The van der Waals surface area contributed by atoms with Crippen LogP contribution >= 0.6 is 0 Å². The van der Waals surface area contributed by atoms with Crippen LogP contribution < -0.4 is 0 Å². The molecule has 27 heavy (non-hydrogen) atoms. The lowest BCUT2D eigenvalue weighted by Gasteiger charge is -2.32. The maximum atomic E-state index is 12.3. The molecule has 1 aliphatic rings. The van der Waals surface area contributed by atoms with E-state index in [4.69, 9.17) is 4.84 Å². The molecule has 2 rings (SSSR count). The van der Waals surface area contributed by atoms with Crippen LogP contribution in [0.5, 0.6) is 0 Å². The van der Waals surface area contributed by atoms with Crippen LogP contribution in [0.2, 0.25) is 0 Å². The van der Waals surface area contributed by atoms with Crippen molar-refractivity contribution in [2.24, 2.45) is 5.92 Å². The first kappa shape index (κ1) is 20.9. The molecule has 6 nitrogen and oxygen atoms in total. The van der Waals surface area contributed by atoms with Gasteiger partial charge >= 0.3 is 17.8 Å². The third-order valence-corrected chi connectivity index (χ3v) is 4.95. The topological polar surface area (TPSA) is 66.9 Å². The van der Waals surface area contributed by atoms with E-state index < -0.39 is 17.8 Å². The molecule has 1 aromatic rings. The van der Waals surface area contributed by atoms with Crippen LogP contribution in [0.25, 0.3) is 0 Å². The van der Waals surface area contributed by atoms with Crippen molar-refractivity contribution < 1.29 is 19.2 Å². The van der Waals surface area contributed by atoms with Gasteiger partial charge in [-0.1, -0.05) is 69.9 Å². The van der Waals surface area contributed by atoms with Gasteiger partial charge in [0.25, 0.3) is 0 Å². The molecule has 1 aromatic carbocycles. The highest BCUT2D eigenvalue weighted by Gasteiger charge is 2.35. The van der Waals surface area contributed by atoms with E-state index in [1.807, 2.05) is 30.3 Å². The molecule has 1 heterocycles. The Morgan fingerprint density at radius 2 is 1.81 bits per heavy atom. The molecule has 0 aliphatic carbocycles. The van der Waals surface area contributed by atoms with Crippen LogP contribution in [-0.4, -0.2) is 40.8 Å². The Morgan fingerprint density at radius 1 is 1.07 bits per heavy atom. The lowest BCUT2D eigenvalue weighted by Crippen LogP contribution is -2.54. The van der Waals surface area contributed by atoms with Gasteiger partial charge in [0.05, 0.1) is 13.0 Å². The van der Waals surface area contributed by atoms with Crippen LogP contribution in [-0.2, 0) is 25.8 Å². The summed E-state index contributed by atoms with van der Waals surface area (Å²) in [5, 5.41) is 0.922. The van der Waals surface area contributed by atoms with Gasteiger partial charge in [-0.2, -0.15) is 5.06 Å². The summed E-state index contributed by atoms with van der Waals surface area (Å²) in [4.78, 5) is 43.5. The average molecular weight is 374 g/mol. The smallest absolute Gasteiger partial charge is 0.338 e. The molecule has 2 amide bonds. The molecular weight excluding hydrogens is 344 g/mol. The maximum absolute atomic E-state index is 12.3. The number of amides is 2. The Kier molecular flexibility index (Phi) is 8.30. The zero-order valence-electron chi connectivity index (χ0n) is 16.4. The molecule has 1 atom stereocenters. The molecular formula is C21H30N2O4. The molecule has 0 aromatic heterocycles. The van der Waals surface area contributed by atoms with Gasteiger partial charge in [-0.3, -0.25) is 9.59 Å². The van der Waals surface area contributed by atoms with Crippen molar-refractivity contribution in [2.45, 2.75) is 58.9 Å². The van der Waals surface area contributed by atoms with Crippen molar-refractivity contribution in [1.82, 2.24) is 9.96 Å². The Morgan fingerprint density at radius 3 is 2.48 bits per heavy atom. The Balaban J connectivity index is 1.83. The van der Waals surface area contributed by atoms with Gasteiger partial charge in [0.1, 0.15) is 0 Å². The lowest BCUT2D eigenvalue weighted by atomic mass is 9.95. The van der Waals surface area contributed by atoms with Crippen molar-refractivity contribution in [1.29, 1.82) is 0 Å². The second kappa shape index (κ2) is 10.7. The summed E-state index contributed by atoms with van der Waals surface area (Å²) in [6.45, 7) is 5.13. The van der Waals surface area contributed by atoms with E-state index in [0.717, 1.165) is 42.7 Å². The van der Waals surface area contributed by atoms with Gasteiger partial charge < -0.3 is 9.74 Å². The number of unbranched alkanes of at least 4 members (excludes halogenated alkanes) is 2. The van der Waals surface area contributed by atoms with Crippen molar-refractivity contribution >= 4 is 17.8 Å². The molecule has 0 saturated carbocycles. The molecule has 0 radical (unpaired) electrons. The number of rotatable bonds is 10. The van der Waals surface area contributed by atoms with Crippen molar-refractivity contribution in [3.8, 4) is 0 Å². The van der Waals surface area contributed by atoms with Gasteiger partial charge in [0.2, 0.25) is 0 Å². The third-order valence-electron chi connectivity index (χ3n) is 4.95. The summed E-state index contributed by atoms with van der Waals surface area (Å²) in [5.74, 6) is -1.58. The molecule has 0 bridgehead atoms. The fourth-order valence-electron chi connectivity index (χ4n) is 3.23. The van der Waals surface area contributed by atoms with E-state index >= 15 is 0 Å². The summed E-state index contributed by atoms with van der Waals surface area (Å²) < 4.78 is 0. The number of nitrogens with zero attached hydrogens (tertiary/aromatic N) is 2. The molecule has 1 saturated heterocycles. The van der Waals surface area contributed by atoms with Crippen LogP contribution in [0.4, 0.5) is 0 Å². The first-order valence-electron chi connectivity index (χ1n) is 9.90. The predicted molar refractivity (Wildman–Crippen MR) is 102 cm³/mol. The van der Waals surface area contributed by atoms with Crippen LogP contribution in [0, 0.1) is 5.92 Å². The second-order valence-corrected chi connectivity index (χ2v) is 7.06. The normalized spacial score (nSPS) is 15.8. The third kappa shape index (κ3) is 6.38. The van der Waals surface area contributed by atoms with E-state index in [-0.39, 0.29) is 18.9 Å². The highest BCUT2D eigenvalue weighted by atomic mass is 16.7. The monoisotopic (exact) mass is 374 g/mol. The number of hydroxylamine groups is 2. The lowest BCUT2D eigenvalue weighted by molar-refractivity contribution is -0.206. The average Bonchev–Trinajstić information content (AvgIpc) is 2.68. The Hall–Kier alpha value is -2.37. The fraction of sp³-hybridized carbons (Fsp3) is 0.571. The van der Waals surface area contributed by atoms with Crippen LogP contribution in [0.3, 0.4) is 0 Å². The van der Waals surface area contributed by atoms with E-state index in [0.29, 0.717) is 13.1 Å². The Labute approximate surface area is 161 Å². The van der Waals surface area contributed by atoms with Crippen LogP contribution in [0.1, 0.15) is 57.9 Å². The minimum atomic E-state index is -0.774. The van der Waals surface area contributed by atoms with E-state index in [9.17, 15) is 14.4 Å². The van der Waals surface area contributed by atoms with E-state index in [1.54, 1.807) is 0 Å². The Bertz CT molecular complexity index is 632. The minimum Gasteiger partial charge on any atom is -0.338 e. The zero-order valence-corrected chi connectivity index (χ0v) is 16.4. The van der Waals surface area contributed by atoms with Gasteiger partial charge in [-0.15, -0.1) is 0 Å². The fourth-order valence-corrected chi connectivity index (χ4v) is 3.23. The summed E-state index contributed by atoms with van der Waals surface area (Å²) in [7, 11) is 0. The predicted octanol–water partition coefficient (Wildman–Crippen LogP) is 3.31. The second-order valence-electron chi connectivity index (χ2n) is 7.06. The molecule has 1 unspecified atom stereocenters. The SMILES string of the molecule is CCCCCC(CC)CC(=O)ON1CCN(Cc2ccccc2)C(=O)C1=O. The van der Waals surface area contributed by atoms with Crippen molar-refractivity contribution in [2.75, 3.05) is 13.1 Å². The standard InChI is InChI=1S/C21H30N2O4/c1-3-5-7-10-17(4-2)15-19(24)27-23-14-13-22(20(25)21(23)26)16-18-11-8-6-9-12-18/h6,8-9,11-12,17H,3-5,7,10,13-16H2,1-2H3. The van der Waals surface area contributed by atoms with Crippen LogP contribution in [0.15, 0.2) is 30.3 Å². The van der Waals surface area contributed by atoms with Gasteiger partial charge in [-0.05, 0) is 17.9 Å². The molecule has 6 heteroatoms. The summed E-state index contributed by atoms with van der Waals surface area (Å²) in [6, 6.07) is 9.51. The van der Waals surface area contributed by atoms with Gasteiger partial charge in [-0.25, -0.2) is 4.79 Å². The van der Waals surface area contributed by atoms with E-state index in [1.165, 1.54) is 4.90 Å². The largest absolute Gasteiger partial charge is 0.344 e. The molecule has 148 valence electrons. The minimum absolute atomic E-state index is 0.204. The number of hydrogen-bond acceptors (Lipinski definition) is 4. The summed E-state index contributed by atoms with van der Waals surface area (Å²) >= 11 is 0. The molecule has 0 N–H and O–H groups in total. The van der Waals surface area contributed by atoms with Gasteiger partial charge in [0, 0.05) is 13.1 Å². The van der Waals surface area contributed by atoms with E-state index in [2.05, 4.69) is 13.8 Å². The number of carbonyl (C=O) groups excluding carboxylic acids is 3. The molecule has 0 spiro atoms. The number of hydrogen-bond donors (Lipinski definition) is 0. The highest BCUT2D eigenvalue weighted by molar-refractivity contribution is 6.35. The first-order chi connectivity index (χ1) is 13.0. The maximum Gasteiger partial charge on any atom is 0.344 e. The summed E-state index contributed by atoms with van der Waals surface area (Å²) in [6.07, 6.45) is 5.56. The number of benzene rings is 1. The van der Waals surface area contributed by atoms with Crippen molar-refractivity contribution in [3.05, 3.63) is 35.9 Å². The quantitative estimate of drug-likeness (QED) is 0.465. The first-order valence-corrected chi connectivity index (χ1v) is 9.90. The molecule has 1 fully saturated rings. The van der Waals surface area contributed by atoms with Crippen molar-refractivity contribution in [3.63, 3.8) is 0 Å². The molecule has 1 aliphatic heterocycles. The summed E-state index contributed by atoms with van der Waals surface area (Å²) in [5.41, 5.74) is 0.960. The highest BCUT2D eigenvalue weighted by Crippen LogP contribution is 2.19.